The number of carbonyl (C=O) groups is 1. The fraction of sp³-hybridized carbons (Fsp3) is 0.600. The summed E-state index contributed by atoms with van der Waals surface area (Å²) in [5.74, 6) is 0.377. The van der Waals surface area contributed by atoms with E-state index in [1.165, 1.54) is 12.3 Å². The Morgan fingerprint density at radius 3 is 2.51 bits per heavy atom. The third-order valence-electron chi connectivity index (χ3n) is 7.03. The van der Waals surface area contributed by atoms with Crippen molar-refractivity contribution >= 4 is 24.0 Å². The Hall–Kier alpha value is -2.59. The van der Waals surface area contributed by atoms with E-state index >= 15 is 0 Å². The van der Waals surface area contributed by atoms with Crippen LogP contribution in [0.2, 0.25) is 0 Å². The van der Waals surface area contributed by atoms with Crippen LogP contribution in [0.25, 0.3) is 5.70 Å². The second kappa shape index (κ2) is 11.4. The third kappa shape index (κ3) is 6.98. The zero-order valence-corrected chi connectivity index (χ0v) is 20.3. The van der Waals surface area contributed by atoms with Crippen LogP contribution < -0.4 is 16.4 Å². The fourth-order valence-corrected chi connectivity index (χ4v) is 4.98. The highest BCUT2D eigenvalue weighted by molar-refractivity contribution is 5.82. The molecule has 1 unspecified atom stereocenters. The number of halogens is 3. The van der Waals surface area contributed by atoms with Gasteiger partial charge in [-0.15, -0.1) is 0 Å². The number of aliphatic hydroxyl groups is 1. The van der Waals surface area contributed by atoms with Gasteiger partial charge in [0.15, 0.2) is 0 Å². The molecule has 2 aliphatic rings. The normalized spacial score (nSPS) is 23.0. The van der Waals surface area contributed by atoms with Crippen molar-refractivity contribution in [2.24, 2.45) is 16.8 Å². The van der Waals surface area contributed by atoms with E-state index in [2.05, 4.69) is 41.1 Å². The van der Waals surface area contributed by atoms with E-state index in [1.54, 1.807) is 0 Å². The minimum Gasteiger partial charge on any atom is -0.398 e. The van der Waals surface area contributed by atoms with Crippen LogP contribution in [0.4, 0.5) is 18.9 Å². The molecule has 7 nitrogen and oxygen atoms in total. The molecule has 1 atom stereocenters. The number of amides is 1. The summed E-state index contributed by atoms with van der Waals surface area (Å²) in [5, 5.41) is 16.1. The Morgan fingerprint density at radius 2 is 1.94 bits per heavy atom. The van der Waals surface area contributed by atoms with Crippen LogP contribution in [0.5, 0.6) is 0 Å². The highest BCUT2D eigenvalue weighted by Crippen LogP contribution is 2.34. The molecule has 1 aliphatic heterocycles. The zero-order chi connectivity index (χ0) is 25.8. The molecule has 0 bridgehead atoms. The summed E-state index contributed by atoms with van der Waals surface area (Å²) >= 11 is 0. The summed E-state index contributed by atoms with van der Waals surface area (Å²) in [7, 11) is 0. The molecular weight excluding hydrogens is 459 g/mol. The van der Waals surface area contributed by atoms with Crippen LogP contribution in [0.3, 0.4) is 0 Å². The molecule has 10 heteroatoms. The Labute approximate surface area is 204 Å². The maximum absolute atomic E-state index is 13.1. The second-order valence-corrected chi connectivity index (χ2v) is 9.90. The molecule has 0 radical (unpaired) electrons. The van der Waals surface area contributed by atoms with Gasteiger partial charge in [-0.05, 0) is 62.4 Å². The molecule has 194 valence electrons. The van der Waals surface area contributed by atoms with Crippen LogP contribution >= 0.6 is 0 Å². The standard InChI is InChI=1S/C25H36F3N5O2/c1-15(2)24(35)16-4-7-19(8-5-16)33-13-18(14-33)32-23(34)12-31-22(11-30-3)20-10-17(25(26,27)28)6-9-21(20)29/h6,9-11,15-16,18-19,24,31,35H,3-5,7-8,12-14,29H2,1-2H3,(H,32,34)/b22-11+. The average molecular weight is 496 g/mol. The molecular formula is C25H36F3N5O2. The Balaban J connectivity index is 1.46. The van der Waals surface area contributed by atoms with Crippen molar-refractivity contribution in [2.75, 3.05) is 25.4 Å². The fourth-order valence-electron chi connectivity index (χ4n) is 4.98. The Kier molecular flexibility index (Phi) is 8.82. The summed E-state index contributed by atoms with van der Waals surface area (Å²) in [5.41, 5.74) is 5.46. The predicted octanol–water partition coefficient (Wildman–Crippen LogP) is 3.25. The van der Waals surface area contributed by atoms with E-state index in [0.29, 0.717) is 12.0 Å². The monoisotopic (exact) mass is 495 g/mol. The summed E-state index contributed by atoms with van der Waals surface area (Å²) in [6.07, 6.45) is 0.634. The number of nitrogen functional groups attached to an aromatic ring is 1. The van der Waals surface area contributed by atoms with E-state index in [4.69, 9.17) is 5.73 Å². The van der Waals surface area contributed by atoms with Gasteiger partial charge >= 0.3 is 6.18 Å². The summed E-state index contributed by atoms with van der Waals surface area (Å²) in [4.78, 5) is 18.5. The van der Waals surface area contributed by atoms with Crippen molar-refractivity contribution in [2.45, 2.75) is 63.9 Å². The molecule has 2 fully saturated rings. The van der Waals surface area contributed by atoms with Gasteiger partial charge in [0.05, 0.1) is 30.0 Å². The lowest BCUT2D eigenvalue weighted by Crippen LogP contribution is -2.63. The number of carbonyl (C=O) groups excluding carboxylic acids is 1. The number of anilines is 1. The molecule has 1 amide bonds. The van der Waals surface area contributed by atoms with Gasteiger partial charge < -0.3 is 21.5 Å². The molecule has 5 N–H and O–H groups in total. The first-order chi connectivity index (χ1) is 16.5. The van der Waals surface area contributed by atoms with Gasteiger partial charge in [0, 0.05) is 36.6 Å². The lowest BCUT2D eigenvalue weighted by molar-refractivity contribution is -0.137. The lowest BCUT2D eigenvalue weighted by Gasteiger charge is -2.47. The average Bonchev–Trinajstić information content (AvgIpc) is 2.78. The smallest absolute Gasteiger partial charge is 0.398 e. The zero-order valence-electron chi connectivity index (χ0n) is 20.3. The van der Waals surface area contributed by atoms with Crippen LogP contribution in [-0.2, 0) is 11.0 Å². The quantitative estimate of drug-likeness (QED) is 0.311. The Morgan fingerprint density at radius 1 is 1.29 bits per heavy atom. The van der Waals surface area contributed by atoms with E-state index in [1.807, 2.05) is 0 Å². The van der Waals surface area contributed by atoms with E-state index in [9.17, 15) is 23.1 Å². The summed E-state index contributed by atoms with van der Waals surface area (Å²) in [6.45, 7) is 8.86. The van der Waals surface area contributed by atoms with Crippen LogP contribution in [-0.4, -0.2) is 60.5 Å². The van der Waals surface area contributed by atoms with Crippen LogP contribution in [0, 0.1) is 11.8 Å². The number of alkyl halides is 3. The number of rotatable bonds is 9. The van der Waals surface area contributed by atoms with Gasteiger partial charge in [-0.1, -0.05) is 13.8 Å². The number of aliphatic hydroxyl groups excluding tert-OH is 1. The van der Waals surface area contributed by atoms with Crippen molar-refractivity contribution in [1.82, 2.24) is 15.5 Å². The maximum atomic E-state index is 13.1. The van der Waals surface area contributed by atoms with Crippen molar-refractivity contribution in [3.63, 3.8) is 0 Å². The number of hydrogen-bond donors (Lipinski definition) is 4. The number of nitrogens with zero attached hydrogens (tertiary/aromatic N) is 2. The largest absolute Gasteiger partial charge is 0.416 e. The maximum Gasteiger partial charge on any atom is 0.416 e. The SMILES string of the molecule is C=N/C=C(/NCC(=O)NC1CN(C2CCC(C(O)C(C)C)CC2)C1)c1cc(C(F)(F)F)ccc1N. The number of aliphatic imine (C=N–C) groups is 1. The molecule has 1 heterocycles. The first-order valence-electron chi connectivity index (χ1n) is 12.1. The van der Waals surface area contributed by atoms with Gasteiger partial charge in [-0.25, -0.2) is 0 Å². The van der Waals surface area contributed by atoms with Crippen molar-refractivity contribution in [3.05, 3.63) is 35.5 Å². The molecule has 3 rings (SSSR count). The van der Waals surface area contributed by atoms with Crippen molar-refractivity contribution in [3.8, 4) is 0 Å². The molecule has 0 spiro atoms. The molecule has 1 aromatic rings. The van der Waals surface area contributed by atoms with E-state index in [0.717, 1.165) is 50.9 Å². The van der Waals surface area contributed by atoms with Crippen molar-refractivity contribution in [1.29, 1.82) is 0 Å². The van der Waals surface area contributed by atoms with E-state index in [-0.39, 0.29) is 47.5 Å². The number of nitrogens with two attached hydrogens (primary N) is 1. The number of hydrogen-bond acceptors (Lipinski definition) is 6. The Bertz CT molecular complexity index is 920. The number of likely N-dealkylation sites (tertiary alicyclic amines) is 1. The summed E-state index contributed by atoms with van der Waals surface area (Å²) < 4.78 is 39.3. The molecule has 1 saturated heterocycles. The third-order valence-corrected chi connectivity index (χ3v) is 7.03. The first kappa shape index (κ1) is 27.0. The van der Waals surface area contributed by atoms with Gasteiger partial charge in [-0.2, -0.15) is 13.2 Å². The van der Waals surface area contributed by atoms with Crippen molar-refractivity contribution < 1.29 is 23.1 Å². The molecule has 1 saturated carbocycles. The summed E-state index contributed by atoms with van der Waals surface area (Å²) in [6, 6.07) is 3.53. The number of nitrogens with one attached hydrogen (secondary N) is 2. The van der Waals surface area contributed by atoms with Gasteiger partial charge in [0.1, 0.15) is 0 Å². The highest BCUT2D eigenvalue weighted by Gasteiger charge is 2.37. The lowest BCUT2D eigenvalue weighted by atomic mass is 9.78. The highest BCUT2D eigenvalue weighted by atomic mass is 19.4. The topological polar surface area (TPSA) is 103 Å². The van der Waals surface area contributed by atoms with Crippen LogP contribution in [0.1, 0.15) is 50.7 Å². The van der Waals surface area contributed by atoms with E-state index < -0.39 is 11.7 Å². The minimum atomic E-state index is -4.52. The number of benzene rings is 1. The predicted molar refractivity (Wildman–Crippen MR) is 131 cm³/mol. The molecule has 1 aliphatic carbocycles. The molecule has 35 heavy (non-hydrogen) atoms. The molecule has 0 aromatic heterocycles. The minimum absolute atomic E-state index is 0.0341. The first-order valence-corrected chi connectivity index (χ1v) is 12.1. The van der Waals surface area contributed by atoms with Crippen LogP contribution in [0.15, 0.2) is 29.4 Å². The second-order valence-electron chi connectivity index (χ2n) is 9.90. The molecule has 1 aromatic carbocycles. The van der Waals surface area contributed by atoms with Gasteiger partial charge in [-0.3, -0.25) is 14.7 Å². The van der Waals surface area contributed by atoms with Gasteiger partial charge in [0.2, 0.25) is 5.91 Å². The van der Waals surface area contributed by atoms with Gasteiger partial charge in [0.25, 0.3) is 0 Å².